The lowest BCUT2D eigenvalue weighted by Crippen LogP contribution is -2.43. The van der Waals surface area contributed by atoms with E-state index in [2.05, 4.69) is 11.2 Å². The first-order valence-electron chi connectivity index (χ1n) is 10.2. The van der Waals surface area contributed by atoms with Gasteiger partial charge < -0.3 is 4.74 Å². The number of nitrogens with one attached hydrogen (secondary N) is 1. The minimum absolute atomic E-state index is 0.510. The molecule has 0 aromatic heterocycles. The first kappa shape index (κ1) is 22.6. The molecular formula is C26H27N2O2P. The minimum atomic E-state index is -3.31. The summed E-state index contributed by atoms with van der Waals surface area (Å²) in [5.41, 5.74) is 0.316. The van der Waals surface area contributed by atoms with Crippen molar-refractivity contribution in [3.05, 3.63) is 102 Å². The Morgan fingerprint density at radius 1 is 1.03 bits per heavy atom. The SMILES string of the molecule is CC/C=C(\C#N)[C@@](C)(NP(=O)(c1ccccc1)c1ccccc1)c1cccc(OC)c1. The molecule has 0 saturated carbocycles. The predicted molar refractivity (Wildman–Crippen MR) is 127 cm³/mol. The van der Waals surface area contributed by atoms with E-state index in [4.69, 9.17) is 4.74 Å². The number of methoxy groups -OCH3 is 1. The maximum atomic E-state index is 14.7. The van der Waals surface area contributed by atoms with Crippen LogP contribution >= 0.6 is 7.29 Å². The summed E-state index contributed by atoms with van der Waals surface area (Å²) in [6.45, 7) is 3.89. The van der Waals surface area contributed by atoms with E-state index >= 15 is 0 Å². The highest BCUT2D eigenvalue weighted by atomic mass is 31.2. The quantitative estimate of drug-likeness (QED) is 0.390. The fourth-order valence-electron chi connectivity index (χ4n) is 3.65. The highest BCUT2D eigenvalue weighted by Gasteiger charge is 2.40. The van der Waals surface area contributed by atoms with E-state index in [1.54, 1.807) is 7.11 Å². The van der Waals surface area contributed by atoms with Crippen LogP contribution in [0.2, 0.25) is 0 Å². The number of benzene rings is 3. The van der Waals surface area contributed by atoms with Crippen LogP contribution < -0.4 is 20.4 Å². The zero-order valence-electron chi connectivity index (χ0n) is 18.1. The molecule has 0 unspecified atom stereocenters. The van der Waals surface area contributed by atoms with Crippen LogP contribution in [-0.2, 0) is 10.1 Å². The topological polar surface area (TPSA) is 62.1 Å². The smallest absolute Gasteiger partial charge is 0.205 e. The van der Waals surface area contributed by atoms with Gasteiger partial charge in [-0.3, -0.25) is 4.57 Å². The van der Waals surface area contributed by atoms with Gasteiger partial charge in [0.1, 0.15) is 5.75 Å². The molecule has 0 heterocycles. The average molecular weight is 430 g/mol. The van der Waals surface area contributed by atoms with E-state index in [-0.39, 0.29) is 0 Å². The fraction of sp³-hybridized carbons (Fsp3) is 0.192. The molecule has 3 aromatic rings. The molecule has 1 N–H and O–H groups in total. The van der Waals surface area contributed by atoms with E-state index in [9.17, 15) is 9.83 Å². The Balaban J connectivity index is 2.26. The van der Waals surface area contributed by atoms with E-state index in [1.165, 1.54) is 0 Å². The van der Waals surface area contributed by atoms with Gasteiger partial charge in [0, 0.05) is 10.6 Å². The number of hydrogen-bond acceptors (Lipinski definition) is 3. The first-order chi connectivity index (χ1) is 15.0. The van der Waals surface area contributed by atoms with Gasteiger partial charge in [-0.15, -0.1) is 0 Å². The van der Waals surface area contributed by atoms with Crippen LogP contribution in [-0.4, -0.2) is 7.11 Å². The standard InChI is InChI=1S/C26H27N2O2P/c1-4-12-22(20-27)26(2,21-13-11-14-23(19-21)30-3)28-31(29,24-15-7-5-8-16-24)25-17-9-6-10-18-25/h5-19H,4H2,1-3H3,(H,28,29)/b22-12+/t26-/m0/s1. The maximum absolute atomic E-state index is 14.7. The van der Waals surface area contributed by atoms with Gasteiger partial charge in [-0.25, -0.2) is 5.09 Å². The number of ether oxygens (including phenoxy) is 1. The molecule has 0 aliphatic heterocycles. The lowest BCUT2D eigenvalue weighted by atomic mass is 9.85. The summed E-state index contributed by atoms with van der Waals surface area (Å²) in [6, 6.07) is 28.7. The third-order valence-electron chi connectivity index (χ3n) is 5.34. The molecule has 0 aliphatic carbocycles. The fourth-order valence-corrected chi connectivity index (χ4v) is 6.27. The van der Waals surface area contributed by atoms with Crippen LogP contribution in [0, 0.1) is 11.3 Å². The van der Waals surface area contributed by atoms with Gasteiger partial charge in [-0.05, 0) is 55.3 Å². The molecule has 0 fully saturated rings. The van der Waals surface area contributed by atoms with Crippen molar-refractivity contribution in [2.45, 2.75) is 25.8 Å². The zero-order valence-corrected chi connectivity index (χ0v) is 19.0. The maximum Gasteiger partial charge on any atom is 0.205 e. The molecule has 5 heteroatoms. The number of allylic oxidation sites excluding steroid dienone is 1. The summed E-state index contributed by atoms with van der Waals surface area (Å²) in [4.78, 5) is 0. The van der Waals surface area contributed by atoms with Crippen molar-refractivity contribution in [1.82, 2.24) is 5.09 Å². The summed E-state index contributed by atoms with van der Waals surface area (Å²) in [5.74, 6) is 0.675. The summed E-state index contributed by atoms with van der Waals surface area (Å²) >= 11 is 0. The van der Waals surface area contributed by atoms with Crippen LogP contribution in [0.4, 0.5) is 0 Å². The predicted octanol–water partition coefficient (Wildman–Crippen LogP) is 5.29. The van der Waals surface area contributed by atoms with Gasteiger partial charge in [0.2, 0.25) is 7.29 Å². The van der Waals surface area contributed by atoms with Gasteiger partial charge in [-0.1, -0.05) is 61.5 Å². The van der Waals surface area contributed by atoms with E-state index in [0.717, 1.165) is 5.56 Å². The van der Waals surface area contributed by atoms with Crippen molar-refractivity contribution in [2.24, 2.45) is 0 Å². The Kier molecular flexibility index (Phi) is 7.13. The molecule has 31 heavy (non-hydrogen) atoms. The second-order valence-corrected chi connectivity index (χ2v) is 9.86. The van der Waals surface area contributed by atoms with Crippen molar-refractivity contribution in [2.75, 3.05) is 7.11 Å². The Morgan fingerprint density at radius 2 is 1.61 bits per heavy atom. The third-order valence-corrected chi connectivity index (χ3v) is 8.15. The van der Waals surface area contributed by atoms with Crippen molar-refractivity contribution in [1.29, 1.82) is 5.26 Å². The molecule has 0 spiro atoms. The molecule has 4 nitrogen and oxygen atoms in total. The Morgan fingerprint density at radius 3 is 2.10 bits per heavy atom. The number of nitrogens with zero attached hydrogens (tertiary/aromatic N) is 1. The van der Waals surface area contributed by atoms with Gasteiger partial charge in [0.05, 0.1) is 24.3 Å². The van der Waals surface area contributed by atoms with Crippen molar-refractivity contribution < 1.29 is 9.30 Å². The average Bonchev–Trinajstić information content (AvgIpc) is 2.83. The van der Waals surface area contributed by atoms with Crippen molar-refractivity contribution >= 4 is 17.9 Å². The summed E-state index contributed by atoms with van der Waals surface area (Å²) in [7, 11) is -1.70. The monoisotopic (exact) mass is 430 g/mol. The van der Waals surface area contributed by atoms with E-state index in [1.807, 2.05) is 105 Å². The second kappa shape index (κ2) is 9.79. The second-order valence-electron chi connectivity index (χ2n) is 7.39. The highest BCUT2D eigenvalue weighted by Crippen LogP contribution is 2.46. The molecule has 1 atom stereocenters. The molecule has 0 bridgehead atoms. The van der Waals surface area contributed by atoms with Gasteiger partial charge in [0.15, 0.2) is 0 Å². The third kappa shape index (κ3) is 4.64. The molecule has 0 saturated heterocycles. The van der Waals surface area contributed by atoms with Crippen LogP contribution in [0.5, 0.6) is 5.75 Å². The summed E-state index contributed by atoms with van der Waals surface area (Å²) in [6.07, 6.45) is 2.57. The van der Waals surface area contributed by atoms with Gasteiger partial charge >= 0.3 is 0 Å². The highest BCUT2D eigenvalue weighted by molar-refractivity contribution is 7.77. The van der Waals surface area contributed by atoms with E-state index in [0.29, 0.717) is 28.4 Å². The number of nitriles is 1. The summed E-state index contributed by atoms with van der Waals surface area (Å²) < 4.78 is 20.1. The molecule has 0 aliphatic rings. The largest absolute Gasteiger partial charge is 0.497 e. The molecular weight excluding hydrogens is 403 g/mol. The van der Waals surface area contributed by atoms with E-state index < -0.39 is 12.8 Å². The summed E-state index contributed by atoms with van der Waals surface area (Å²) in [5, 5.41) is 14.9. The lowest BCUT2D eigenvalue weighted by Gasteiger charge is -2.36. The van der Waals surface area contributed by atoms with Crippen molar-refractivity contribution in [3.63, 3.8) is 0 Å². The Labute approximate surface area is 184 Å². The molecule has 3 aromatic carbocycles. The molecule has 158 valence electrons. The first-order valence-corrected chi connectivity index (χ1v) is 11.9. The molecule has 0 amide bonds. The normalized spacial score (nSPS) is 13.8. The molecule has 3 rings (SSSR count). The van der Waals surface area contributed by atoms with Crippen LogP contribution in [0.15, 0.2) is 96.6 Å². The van der Waals surface area contributed by atoms with Gasteiger partial charge in [-0.2, -0.15) is 5.26 Å². The molecule has 0 radical (unpaired) electrons. The Bertz CT molecular complexity index is 1090. The van der Waals surface area contributed by atoms with Crippen LogP contribution in [0.25, 0.3) is 0 Å². The van der Waals surface area contributed by atoms with Crippen LogP contribution in [0.1, 0.15) is 25.8 Å². The van der Waals surface area contributed by atoms with Crippen LogP contribution in [0.3, 0.4) is 0 Å². The minimum Gasteiger partial charge on any atom is -0.497 e. The lowest BCUT2D eigenvalue weighted by molar-refractivity contribution is 0.412. The van der Waals surface area contributed by atoms with Gasteiger partial charge in [0.25, 0.3) is 0 Å². The number of hydrogen-bond donors (Lipinski definition) is 1. The Hall–Kier alpha value is -3.12. The van der Waals surface area contributed by atoms with Crippen molar-refractivity contribution in [3.8, 4) is 11.8 Å². The zero-order chi connectivity index (χ0) is 22.3. The number of rotatable bonds is 8.